The van der Waals surface area contributed by atoms with Gasteiger partial charge < -0.3 is 5.32 Å². The first-order valence-electron chi connectivity index (χ1n) is 6.70. The molecular weight excluding hydrogens is 293 g/mol. The summed E-state index contributed by atoms with van der Waals surface area (Å²) in [5.74, 6) is 0.638. The van der Waals surface area contributed by atoms with Gasteiger partial charge in [-0.25, -0.2) is 4.39 Å². The topological polar surface area (TPSA) is 12.0 Å². The fourth-order valence-electron chi connectivity index (χ4n) is 2.66. The van der Waals surface area contributed by atoms with E-state index in [9.17, 15) is 4.39 Å². The third-order valence-electron chi connectivity index (χ3n) is 3.93. The number of rotatable bonds is 6. The molecule has 1 atom stereocenters. The first-order valence-corrected chi connectivity index (χ1v) is 7.49. The van der Waals surface area contributed by atoms with Crippen molar-refractivity contribution in [2.75, 3.05) is 13.1 Å². The maximum Gasteiger partial charge on any atom is 0.137 e. The van der Waals surface area contributed by atoms with Crippen molar-refractivity contribution < 1.29 is 4.39 Å². The van der Waals surface area contributed by atoms with E-state index >= 15 is 0 Å². The largest absolute Gasteiger partial charge is 0.316 e. The van der Waals surface area contributed by atoms with E-state index in [0.29, 0.717) is 9.89 Å². The van der Waals surface area contributed by atoms with E-state index < -0.39 is 0 Å². The summed E-state index contributed by atoms with van der Waals surface area (Å²) in [6, 6.07) is 5.38. The molecule has 0 aromatic heterocycles. The molecule has 0 amide bonds. The Morgan fingerprint density at radius 1 is 1.44 bits per heavy atom. The van der Waals surface area contributed by atoms with Crippen molar-refractivity contribution in [1.82, 2.24) is 5.32 Å². The van der Waals surface area contributed by atoms with Crippen LogP contribution in [0.25, 0.3) is 0 Å². The van der Waals surface area contributed by atoms with Gasteiger partial charge in [0.05, 0.1) is 4.47 Å². The monoisotopic (exact) mass is 313 g/mol. The van der Waals surface area contributed by atoms with E-state index in [2.05, 4.69) is 35.1 Å². The van der Waals surface area contributed by atoms with Crippen LogP contribution >= 0.6 is 15.9 Å². The summed E-state index contributed by atoms with van der Waals surface area (Å²) in [5.41, 5.74) is 1.52. The zero-order chi connectivity index (χ0) is 13.2. The van der Waals surface area contributed by atoms with Gasteiger partial charge in [-0.2, -0.15) is 0 Å². The third-order valence-corrected chi connectivity index (χ3v) is 4.54. The van der Waals surface area contributed by atoms with Crippen molar-refractivity contribution in [3.05, 3.63) is 34.1 Å². The Morgan fingerprint density at radius 2 is 2.17 bits per heavy atom. The lowest BCUT2D eigenvalue weighted by molar-refractivity contribution is 0.258. The summed E-state index contributed by atoms with van der Waals surface area (Å²) in [6.45, 7) is 6.55. The number of benzene rings is 1. The molecule has 0 radical (unpaired) electrons. The smallest absolute Gasteiger partial charge is 0.137 e. The van der Waals surface area contributed by atoms with Crippen LogP contribution < -0.4 is 5.32 Å². The Hall–Kier alpha value is -0.410. The minimum atomic E-state index is -0.182. The Bertz CT molecular complexity index is 417. The lowest BCUT2D eigenvalue weighted by atomic mass is 9.79. The van der Waals surface area contributed by atoms with Crippen LogP contribution in [0.15, 0.2) is 22.7 Å². The molecule has 2 rings (SSSR count). The second kappa shape index (κ2) is 5.70. The summed E-state index contributed by atoms with van der Waals surface area (Å²) in [4.78, 5) is 0. The van der Waals surface area contributed by atoms with E-state index in [0.717, 1.165) is 25.4 Å². The second-order valence-corrected chi connectivity index (χ2v) is 6.49. The number of hydrogen-bond donors (Lipinski definition) is 1. The molecular formula is C15H21BrFN. The summed E-state index contributed by atoms with van der Waals surface area (Å²) < 4.78 is 13.8. The van der Waals surface area contributed by atoms with Gasteiger partial charge in [-0.1, -0.05) is 19.9 Å². The van der Waals surface area contributed by atoms with Crippen molar-refractivity contribution in [3.8, 4) is 0 Å². The van der Waals surface area contributed by atoms with E-state index in [4.69, 9.17) is 0 Å². The normalized spacial score (nSPS) is 18.7. The molecule has 1 aliphatic carbocycles. The first-order chi connectivity index (χ1) is 8.55. The zero-order valence-electron chi connectivity index (χ0n) is 11.1. The molecule has 1 aliphatic rings. The first kappa shape index (κ1) is 14.0. The third kappa shape index (κ3) is 3.33. The number of nitrogens with one attached hydrogen (secondary N) is 1. The van der Waals surface area contributed by atoms with Crippen LogP contribution in [0.1, 0.15) is 32.3 Å². The molecule has 0 spiro atoms. The quantitative estimate of drug-likeness (QED) is 0.831. The second-order valence-electron chi connectivity index (χ2n) is 5.63. The number of halogens is 2. The van der Waals surface area contributed by atoms with E-state index in [-0.39, 0.29) is 5.82 Å². The predicted molar refractivity (Wildman–Crippen MR) is 77.2 cm³/mol. The molecule has 0 aliphatic heterocycles. The predicted octanol–water partition coefficient (Wildman–Crippen LogP) is 4.16. The van der Waals surface area contributed by atoms with Gasteiger partial charge >= 0.3 is 0 Å². The highest BCUT2D eigenvalue weighted by molar-refractivity contribution is 9.10. The minimum absolute atomic E-state index is 0.182. The van der Waals surface area contributed by atoms with Gasteiger partial charge in [0.1, 0.15) is 5.82 Å². The van der Waals surface area contributed by atoms with Crippen LogP contribution in [0, 0.1) is 17.2 Å². The fourth-order valence-corrected chi connectivity index (χ4v) is 3.08. The van der Waals surface area contributed by atoms with Crippen LogP contribution in [-0.2, 0) is 6.42 Å². The summed E-state index contributed by atoms with van der Waals surface area (Å²) >= 11 is 3.27. The SMILES string of the molecule is CCNCC(C)(Cc1ccc(F)c(Br)c1)C1CC1. The molecule has 3 heteroatoms. The Kier molecular flexibility index (Phi) is 4.44. The van der Waals surface area contributed by atoms with Crippen molar-refractivity contribution in [2.45, 2.75) is 33.1 Å². The lowest BCUT2D eigenvalue weighted by Crippen LogP contribution is -2.35. The molecule has 1 aromatic carbocycles. The summed E-state index contributed by atoms with van der Waals surface area (Å²) in [6.07, 6.45) is 3.69. The van der Waals surface area contributed by atoms with Gasteiger partial charge in [0, 0.05) is 6.54 Å². The Labute approximate surface area is 117 Å². The van der Waals surface area contributed by atoms with E-state index in [1.54, 1.807) is 6.07 Å². The highest BCUT2D eigenvalue weighted by Crippen LogP contribution is 2.47. The van der Waals surface area contributed by atoms with E-state index in [1.807, 2.05) is 12.1 Å². The number of hydrogen-bond acceptors (Lipinski definition) is 1. The van der Waals surface area contributed by atoms with Gasteiger partial charge in [0.15, 0.2) is 0 Å². The Morgan fingerprint density at radius 3 is 2.72 bits per heavy atom. The highest BCUT2D eigenvalue weighted by atomic mass is 79.9. The molecule has 1 aromatic rings. The molecule has 100 valence electrons. The van der Waals surface area contributed by atoms with Crippen LogP contribution in [0.5, 0.6) is 0 Å². The maximum absolute atomic E-state index is 13.2. The summed E-state index contributed by atoms with van der Waals surface area (Å²) in [7, 11) is 0. The van der Waals surface area contributed by atoms with Gasteiger partial charge in [-0.05, 0) is 70.8 Å². The van der Waals surface area contributed by atoms with Gasteiger partial charge in [-0.3, -0.25) is 0 Å². The molecule has 1 N–H and O–H groups in total. The maximum atomic E-state index is 13.2. The molecule has 1 unspecified atom stereocenters. The fraction of sp³-hybridized carbons (Fsp3) is 0.600. The molecule has 18 heavy (non-hydrogen) atoms. The average Bonchev–Trinajstić information content (AvgIpc) is 3.16. The Balaban J connectivity index is 2.10. The van der Waals surface area contributed by atoms with Crippen LogP contribution in [0.2, 0.25) is 0 Å². The zero-order valence-corrected chi connectivity index (χ0v) is 12.7. The average molecular weight is 314 g/mol. The highest BCUT2D eigenvalue weighted by Gasteiger charge is 2.40. The molecule has 0 bridgehead atoms. The minimum Gasteiger partial charge on any atom is -0.316 e. The van der Waals surface area contributed by atoms with Gasteiger partial charge in [0.2, 0.25) is 0 Å². The molecule has 1 saturated carbocycles. The molecule has 0 heterocycles. The molecule has 1 fully saturated rings. The van der Waals surface area contributed by atoms with Crippen LogP contribution in [0.4, 0.5) is 4.39 Å². The lowest BCUT2D eigenvalue weighted by Gasteiger charge is -2.30. The summed E-state index contributed by atoms with van der Waals surface area (Å²) in [5, 5.41) is 3.47. The standard InChI is InChI=1S/C15H21BrFN/c1-3-18-10-15(2,12-5-6-12)9-11-4-7-14(17)13(16)8-11/h4,7-8,12,18H,3,5-6,9-10H2,1-2H3. The van der Waals surface area contributed by atoms with Gasteiger partial charge in [0.25, 0.3) is 0 Å². The van der Waals surface area contributed by atoms with Gasteiger partial charge in [-0.15, -0.1) is 0 Å². The molecule has 0 saturated heterocycles. The van der Waals surface area contributed by atoms with Crippen LogP contribution in [-0.4, -0.2) is 13.1 Å². The van der Waals surface area contributed by atoms with Crippen LogP contribution in [0.3, 0.4) is 0 Å². The van der Waals surface area contributed by atoms with Crippen molar-refractivity contribution in [3.63, 3.8) is 0 Å². The van der Waals surface area contributed by atoms with Crippen molar-refractivity contribution in [1.29, 1.82) is 0 Å². The van der Waals surface area contributed by atoms with E-state index in [1.165, 1.54) is 18.4 Å². The molecule has 1 nitrogen and oxygen atoms in total. The van der Waals surface area contributed by atoms with Crippen molar-refractivity contribution >= 4 is 15.9 Å². The van der Waals surface area contributed by atoms with Crippen molar-refractivity contribution in [2.24, 2.45) is 11.3 Å².